The van der Waals surface area contributed by atoms with Crippen molar-refractivity contribution in [2.24, 2.45) is 0 Å². The molecule has 0 spiro atoms. The summed E-state index contributed by atoms with van der Waals surface area (Å²) in [5, 5.41) is 12.0. The zero-order chi connectivity index (χ0) is 13.8. The average molecular weight is 262 g/mol. The van der Waals surface area contributed by atoms with Gasteiger partial charge in [-0.2, -0.15) is 0 Å². The van der Waals surface area contributed by atoms with Gasteiger partial charge in [-0.25, -0.2) is 4.79 Å². The van der Waals surface area contributed by atoms with Crippen LogP contribution in [0.3, 0.4) is 0 Å². The molecule has 0 aliphatic carbocycles. The van der Waals surface area contributed by atoms with E-state index in [2.05, 4.69) is 5.32 Å². The van der Waals surface area contributed by atoms with E-state index in [4.69, 9.17) is 4.74 Å². The van der Waals surface area contributed by atoms with Crippen LogP contribution >= 0.6 is 0 Å². The van der Waals surface area contributed by atoms with Crippen LogP contribution in [-0.4, -0.2) is 28.9 Å². The standard InChI is InChI=1S/C14H18N2O3/c1-3-19-12-6-4-11(5-7-12)9-16-8-10(2)13(17)15-14(16)18/h4-8,13,17H,3,9H2,1-2H3,(H,15,18). The molecule has 0 saturated heterocycles. The summed E-state index contributed by atoms with van der Waals surface area (Å²) in [5.74, 6) is 0.816. The van der Waals surface area contributed by atoms with E-state index < -0.39 is 6.23 Å². The molecule has 102 valence electrons. The molecule has 2 N–H and O–H groups in total. The number of aliphatic hydroxyl groups excluding tert-OH is 1. The second-order valence-electron chi connectivity index (χ2n) is 4.43. The lowest BCUT2D eigenvalue weighted by molar-refractivity contribution is 0.142. The minimum Gasteiger partial charge on any atom is -0.494 e. The van der Waals surface area contributed by atoms with Crippen LogP contribution in [0, 0.1) is 0 Å². The molecule has 1 aliphatic rings. The monoisotopic (exact) mass is 262 g/mol. The molecule has 0 fully saturated rings. The van der Waals surface area contributed by atoms with E-state index >= 15 is 0 Å². The van der Waals surface area contributed by atoms with E-state index in [-0.39, 0.29) is 6.03 Å². The van der Waals surface area contributed by atoms with Gasteiger partial charge in [0.15, 0.2) is 6.23 Å². The summed E-state index contributed by atoms with van der Waals surface area (Å²) in [5.41, 5.74) is 1.71. The number of carbonyl (C=O) groups is 1. The number of nitrogens with one attached hydrogen (secondary N) is 1. The lowest BCUT2D eigenvalue weighted by atomic mass is 10.2. The Morgan fingerprint density at radius 1 is 1.37 bits per heavy atom. The molecule has 19 heavy (non-hydrogen) atoms. The fraction of sp³-hybridized carbons (Fsp3) is 0.357. The summed E-state index contributed by atoms with van der Waals surface area (Å²) >= 11 is 0. The van der Waals surface area contributed by atoms with Crippen molar-refractivity contribution in [1.29, 1.82) is 0 Å². The van der Waals surface area contributed by atoms with Crippen molar-refractivity contribution in [1.82, 2.24) is 10.2 Å². The zero-order valence-corrected chi connectivity index (χ0v) is 11.1. The molecule has 1 aromatic rings. The number of carbonyl (C=O) groups excluding carboxylic acids is 1. The Morgan fingerprint density at radius 2 is 2.05 bits per heavy atom. The van der Waals surface area contributed by atoms with Crippen molar-refractivity contribution in [3.8, 4) is 5.75 Å². The normalized spacial score (nSPS) is 18.9. The lowest BCUT2D eigenvalue weighted by Crippen LogP contribution is -2.47. The number of aliphatic hydroxyl groups is 1. The van der Waals surface area contributed by atoms with Crippen LogP contribution in [0.5, 0.6) is 5.75 Å². The van der Waals surface area contributed by atoms with E-state index in [1.807, 2.05) is 31.2 Å². The molecule has 5 nitrogen and oxygen atoms in total. The number of ether oxygens (including phenoxy) is 1. The fourth-order valence-corrected chi connectivity index (χ4v) is 1.86. The van der Waals surface area contributed by atoms with Gasteiger partial charge in [0.25, 0.3) is 0 Å². The van der Waals surface area contributed by atoms with E-state index in [0.717, 1.165) is 11.3 Å². The number of nitrogens with zero attached hydrogens (tertiary/aromatic N) is 1. The smallest absolute Gasteiger partial charge is 0.323 e. The third kappa shape index (κ3) is 3.26. The van der Waals surface area contributed by atoms with Crippen LogP contribution in [0.15, 0.2) is 36.0 Å². The Bertz CT molecular complexity index is 482. The maximum atomic E-state index is 11.7. The number of hydrogen-bond acceptors (Lipinski definition) is 3. The molecule has 0 radical (unpaired) electrons. The van der Waals surface area contributed by atoms with E-state index in [1.54, 1.807) is 13.1 Å². The number of benzene rings is 1. The zero-order valence-electron chi connectivity index (χ0n) is 11.1. The Labute approximate surface area is 112 Å². The summed E-state index contributed by atoms with van der Waals surface area (Å²) in [4.78, 5) is 13.2. The van der Waals surface area contributed by atoms with Gasteiger partial charge in [-0.05, 0) is 37.1 Å². The second kappa shape index (κ2) is 5.75. The third-order valence-corrected chi connectivity index (χ3v) is 2.90. The highest BCUT2D eigenvalue weighted by Gasteiger charge is 2.22. The maximum absolute atomic E-state index is 11.7. The molecule has 1 heterocycles. The van der Waals surface area contributed by atoms with Crippen molar-refractivity contribution < 1.29 is 14.6 Å². The maximum Gasteiger partial charge on any atom is 0.323 e. The quantitative estimate of drug-likeness (QED) is 0.870. The summed E-state index contributed by atoms with van der Waals surface area (Å²) in [6.07, 6.45) is 0.782. The van der Waals surface area contributed by atoms with Gasteiger partial charge in [0, 0.05) is 6.20 Å². The van der Waals surface area contributed by atoms with E-state index in [1.165, 1.54) is 4.90 Å². The second-order valence-corrected chi connectivity index (χ2v) is 4.43. The van der Waals surface area contributed by atoms with Gasteiger partial charge < -0.3 is 15.2 Å². The molecule has 0 saturated carbocycles. The molecule has 5 heteroatoms. The number of urea groups is 1. The summed E-state index contributed by atoms with van der Waals surface area (Å²) in [7, 11) is 0. The van der Waals surface area contributed by atoms with Gasteiger partial charge in [0.1, 0.15) is 5.75 Å². The van der Waals surface area contributed by atoms with Crippen molar-refractivity contribution in [3.63, 3.8) is 0 Å². The highest BCUT2D eigenvalue weighted by molar-refractivity contribution is 5.77. The molecule has 0 aromatic heterocycles. The minimum atomic E-state index is -0.885. The Hall–Kier alpha value is -2.01. The number of amides is 2. The first-order valence-corrected chi connectivity index (χ1v) is 6.25. The molecule has 1 unspecified atom stereocenters. The van der Waals surface area contributed by atoms with Gasteiger partial charge >= 0.3 is 6.03 Å². The first-order chi connectivity index (χ1) is 9.10. The van der Waals surface area contributed by atoms with Crippen molar-refractivity contribution in [2.75, 3.05) is 6.61 Å². The molecule has 2 amide bonds. The van der Waals surface area contributed by atoms with Crippen LogP contribution in [0.2, 0.25) is 0 Å². The highest BCUT2D eigenvalue weighted by atomic mass is 16.5. The highest BCUT2D eigenvalue weighted by Crippen LogP contribution is 2.16. The van der Waals surface area contributed by atoms with Crippen LogP contribution < -0.4 is 10.1 Å². The summed E-state index contributed by atoms with van der Waals surface area (Å²) in [6, 6.07) is 7.31. The molecule has 0 bridgehead atoms. The lowest BCUT2D eigenvalue weighted by Gasteiger charge is -2.28. The Morgan fingerprint density at radius 3 is 2.68 bits per heavy atom. The minimum absolute atomic E-state index is 0.299. The molecule has 1 aromatic carbocycles. The van der Waals surface area contributed by atoms with Crippen molar-refractivity contribution in [2.45, 2.75) is 26.6 Å². The largest absolute Gasteiger partial charge is 0.494 e. The van der Waals surface area contributed by atoms with Crippen molar-refractivity contribution >= 4 is 6.03 Å². The van der Waals surface area contributed by atoms with E-state index in [9.17, 15) is 9.90 Å². The predicted octanol–water partition coefficient (Wildman–Crippen LogP) is 1.83. The molecule has 1 atom stereocenters. The predicted molar refractivity (Wildman–Crippen MR) is 71.4 cm³/mol. The summed E-state index contributed by atoms with van der Waals surface area (Å²) < 4.78 is 5.37. The first kappa shape index (κ1) is 13.4. The van der Waals surface area contributed by atoms with Gasteiger partial charge in [-0.3, -0.25) is 4.90 Å². The molecule has 1 aliphatic heterocycles. The van der Waals surface area contributed by atoms with Crippen molar-refractivity contribution in [3.05, 3.63) is 41.6 Å². The average Bonchev–Trinajstić information content (AvgIpc) is 2.38. The molecule has 2 rings (SSSR count). The van der Waals surface area contributed by atoms with Gasteiger partial charge in [0.2, 0.25) is 0 Å². The molecular weight excluding hydrogens is 244 g/mol. The van der Waals surface area contributed by atoms with Gasteiger partial charge in [0.05, 0.1) is 13.2 Å². The SMILES string of the molecule is CCOc1ccc(CN2C=C(C)C(O)NC2=O)cc1. The molecular formula is C14H18N2O3. The topological polar surface area (TPSA) is 61.8 Å². The fourth-order valence-electron chi connectivity index (χ4n) is 1.86. The number of hydrogen-bond donors (Lipinski definition) is 2. The van der Waals surface area contributed by atoms with Crippen LogP contribution in [0.1, 0.15) is 19.4 Å². The van der Waals surface area contributed by atoms with E-state index in [0.29, 0.717) is 18.7 Å². The summed E-state index contributed by atoms with van der Waals surface area (Å²) in [6.45, 7) is 4.80. The van der Waals surface area contributed by atoms with Crippen LogP contribution in [-0.2, 0) is 6.54 Å². The van der Waals surface area contributed by atoms with Gasteiger partial charge in [-0.1, -0.05) is 12.1 Å². The Kier molecular flexibility index (Phi) is 4.06. The van der Waals surface area contributed by atoms with Crippen LogP contribution in [0.25, 0.3) is 0 Å². The number of rotatable bonds is 4. The third-order valence-electron chi connectivity index (χ3n) is 2.90. The first-order valence-electron chi connectivity index (χ1n) is 6.25. The van der Waals surface area contributed by atoms with Crippen LogP contribution in [0.4, 0.5) is 4.79 Å². The van der Waals surface area contributed by atoms with Gasteiger partial charge in [-0.15, -0.1) is 0 Å². The Balaban J connectivity index is 2.06.